The van der Waals surface area contributed by atoms with E-state index in [1.54, 1.807) is 16.4 Å². The van der Waals surface area contributed by atoms with Gasteiger partial charge < -0.3 is 5.73 Å². The first-order valence-corrected chi connectivity index (χ1v) is 8.74. The molecule has 2 N–H and O–H groups in total. The van der Waals surface area contributed by atoms with Crippen molar-refractivity contribution in [3.63, 3.8) is 0 Å². The normalized spacial score (nSPS) is 22.6. The Morgan fingerprint density at radius 1 is 1.35 bits per heavy atom. The average Bonchev–Trinajstić information content (AvgIpc) is 2.47. The lowest BCUT2D eigenvalue weighted by Gasteiger charge is -2.33. The van der Waals surface area contributed by atoms with Gasteiger partial charge in [0.25, 0.3) is 0 Å². The summed E-state index contributed by atoms with van der Waals surface area (Å²) in [7, 11) is -3.38. The quantitative estimate of drug-likeness (QED) is 0.924. The molecule has 0 saturated carbocycles. The number of benzene rings is 1. The van der Waals surface area contributed by atoms with E-state index in [-0.39, 0.29) is 12.0 Å². The Hall–Kier alpha value is -0.910. The Morgan fingerprint density at radius 2 is 2.00 bits per heavy atom. The summed E-state index contributed by atoms with van der Waals surface area (Å²) in [4.78, 5) is 0.389. The highest BCUT2D eigenvalue weighted by molar-refractivity contribution is 7.89. The lowest BCUT2D eigenvalue weighted by atomic mass is 9.93. The third-order valence-electron chi connectivity index (χ3n) is 4.13. The molecule has 1 aromatic carbocycles. The fourth-order valence-electron chi connectivity index (χ4n) is 2.67. The van der Waals surface area contributed by atoms with Gasteiger partial charge in [0.2, 0.25) is 10.0 Å². The van der Waals surface area contributed by atoms with Crippen LogP contribution in [-0.2, 0) is 16.4 Å². The van der Waals surface area contributed by atoms with Crippen molar-refractivity contribution in [2.45, 2.75) is 44.0 Å². The van der Waals surface area contributed by atoms with E-state index < -0.39 is 10.0 Å². The van der Waals surface area contributed by atoms with Gasteiger partial charge in [-0.2, -0.15) is 4.31 Å². The third kappa shape index (κ3) is 3.22. The smallest absolute Gasteiger partial charge is 0.243 e. The van der Waals surface area contributed by atoms with Crippen molar-refractivity contribution < 1.29 is 8.42 Å². The first kappa shape index (κ1) is 15.5. The molecular weight excluding hydrogens is 272 g/mol. The van der Waals surface area contributed by atoms with Crippen LogP contribution in [-0.4, -0.2) is 31.9 Å². The van der Waals surface area contributed by atoms with Gasteiger partial charge in [0.15, 0.2) is 0 Å². The molecule has 1 heterocycles. The minimum absolute atomic E-state index is 0.0375. The third-order valence-corrected chi connectivity index (χ3v) is 6.01. The first-order valence-electron chi connectivity index (χ1n) is 7.30. The number of aryl methyl sites for hydroxylation is 1. The van der Waals surface area contributed by atoms with Gasteiger partial charge in [-0.05, 0) is 49.8 Å². The molecule has 5 heteroatoms. The lowest BCUT2D eigenvalue weighted by molar-refractivity contribution is 0.243. The number of hydrogen-bond acceptors (Lipinski definition) is 3. The van der Waals surface area contributed by atoms with E-state index in [9.17, 15) is 8.42 Å². The van der Waals surface area contributed by atoms with E-state index in [4.69, 9.17) is 5.73 Å². The molecule has 2 rings (SSSR count). The first-order chi connectivity index (χ1) is 9.45. The van der Waals surface area contributed by atoms with Crippen LogP contribution in [0.1, 0.15) is 32.3 Å². The largest absolute Gasteiger partial charge is 0.328 e. The highest BCUT2D eigenvalue weighted by Gasteiger charge is 2.31. The van der Waals surface area contributed by atoms with Crippen LogP contribution in [0.3, 0.4) is 0 Å². The summed E-state index contributed by atoms with van der Waals surface area (Å²) >= 11 is 0. The molecule has 1 aromatic rings. The Labute approximate surface area is 122 Å². The van der Waals surface area contributed by atoms with Gasteiger partial charge in [-0.25, -0.2) is 8.42 Å². The van der Waals surface area contributed by atoms with E-state index in [0.29, 0.717) is 18.0 Å². The molecule has 0 bridgehead atoms. The van der Waals surface area contributed by atoms with Crippen molar-refractivity contribution in [1.82, 2.24) is 4.31 Å². The topological polar surface area (TPSA) is 63.4 Å². The highest BCUT2D eigenvalue weighted by atomic mass is 32.2. The Morgan fingerprint density at radius 3 is 2.55 bits per heavy atom. The summed E-state index contributed by atoms with van der Waals surface area (Å²) in [6.07, 6.45) is 2.81. The monoisotopic (exact) mass is 296 g/mol. The summed E-state index contributed by atoms with van der Waals surface area (Å²) in [5.74, 6) is 0.258. The van der Waals surface area contributed by atoms with Crippen molar-refractivity contribution in [3.8, 4) is 0 Å². The molecule has 4 nitrogen and oxygen atoms in total. The zero-order valence-corrected chi connectivity index (χ0v) is 13.1. The summed E-state index contributed by atoms with van der Waals surface area (Å²) < 4.78 is 26.9. The maximum Gasteiger partial charge on any atom is 0.243 e. The van der Waals surface area contributed by atoms with Gasteiger partial charge in [0.05, 0.1) is 4.90 Å². The predicted molar refractivity (Wildman–Crippen MR) is 81.0 cm³/mol. The summed E-state index contributed by atoms with van der Waals surface area (Å²) in [5.41, 5.74) is 7.08. The number of hydrogen-bond donors (Lipinski definition) is 1. The van der Waals surface area contributed by atoms with E-state index in [1.807, 2.05) is 19.1 Å². The zero-order chi connectivity index (χ0) is 14.8. The number of rotatable bonds is 4. The molecule has 0 spiro atoms. The second-order valence-electron chi connectivity index (χ2n) is 5.62. The summed E-state index contributed by atoms with van der Waals surface area (Å²) in [6.45, 7) is 5.15. The SMILES string of the molecule is CCc1ccc(S(=O)(=O)N2CCCC(C(C)N)C2)cc1. The molecule has 112 valence electrons. The Balaban J connectivity index is 2.20. The van der Waals surface area contributed by atoms with Crippen molar-refractivity contribution in [3.05, 3.63) is 29.8 Å². The van der Waals surface area contributed by atoms with Crippen molar-refractivity contribution in [1.29, 1.82) is 0 Å². The lowest BCUT2D eigenvalue weighted by Crippen LogP contribution is -2.44. The molecule has 1 aliphatic rings. The second kappa shape index (κ2) is 6.24. The van der Waals surface area contributed by atoms with Crippen LogP contribution in [0.2, 0.25) is 0 Å². The molecule has 2 unspecified atom stereocenters. The minimum atomic E-state index is -3.38. The molecular formula is C15H24N2O2S. The van der Waals surface area contributed by atoms with Crippen LogP contribution in [0.15, 0.2) is 29.2 Å². The van der Waals surface area contributed by atoms with Gasteiger partial charge in [-0.3, -0.25) is 0 Å². The minimum Gasteiger partial charge on any atom is -0.328 e. The van der Waals surface area contributed by atoms with Crippen LogP contribution in [0, 0.1) is 5.92 Å². The molecule has 2 atom stereocenters. The Bertz CT molecular complexity index is 537. The van der Waals surface area contributed by atoms with Crippen LogP contribution in [0.5, 0.6) is 0 Å². The van der Waals surface area contributed by atoms with E-state index in [2.05, 4.69) is 6.92 Å². The van der Waals surface area contributed by atoms with Gasteiger partial charge in [0, 0.05) is 19.1 Å². The van der Waals surface area contributed by atoms with Crippen LogP contribution in [0.4, 0.5) is 0 Å². The molecule has 0 aromatic heterocycles. The maximum atomic E-state index is 12.6. The van der Waals surface area contributed by atoms with Crippen LogP contribution in [0.25, 0.3) is 0 Å². The van der Waals surface area contributed by atoms with Crippen LogP contribution >= 0.6 is 0 Å². The average molecular weight is 296 g/mol. The van der Waals surface area contributed by atoms with Crippen molar-refractivity contribution in [2.75, 3.05) is 13.1 Å². The van der Waals surface area contributed by atoms with Crippen LogP contribution < -0.4 is 5.73 Å². The van der Waals surface area contributed by atoms with Crippen molar-refractivity contribution >= 4 is 10.0 Å². The molecule has 1 aliphatic heterocycles. The molecule has 1 saturated heterocycles. The van der Waals surface area contributed by atoms with E-state index in [0.717, 1.165) is 24.8 Å². The standard InChI is InChI=1S/C15H24N2O2S/c1-3-13-6-8-15(9-7-13)20(18,19)17-10-4-5-14(11-17)12(2)16/h6-9,12,14H,3-5,10-11,16H2,1-2H3. The van der Waals surface area contributed by atoms with Crippen molar-refractivity contribution in [2.24, 2.45) is 11.7 Å². The van der Waals surface area contributed by atoms with Gasteiger partial charge in [-0.15, -0.1) is 0 Å². The summed E-state index contributed by atoms with van der Waals surface area (Å²) in [6, 6.07) is 7.24. The number of nitrogens with two attached hydrogens (primary N) is 1. The zero-order valence-electron chi connectivity index (χ0n) is 12.2. The van der Waals surface area contributed by atoms with Gasteiger partial charge in [-0.1, -0.05) is 19.1 Å². The molecule has 0 radical (unpaired) electrons. The fraction of sp³-hybridized carbons (Fsp3) is 0.600. The Kier molecular flexibility index (Phi) is 4.83. The highest BCUT2D eigenvalue weighted by Crippen LogP contribution is 2.25. The second-order valence-corrected chi connectivity index (χ2v) is 7.56. The number of sulfonamides is 1. The summed E-state index contributed by atoms with van der Waals surface area (Å²) in [5, 5.41) is 0. The molecule has 20 heavy (non-hydrogen) atoms. The van der Waals surface area contributed by atoms with E-state index >= 15 is 0 Å². The van der Waals surface area contributed by atoms with Gasteiger partial charge >= 0.3 is 0 Å². The molecule has 0 aliphatic carbocycles. The molecule has 1 fully saturated rings. The predicted octanol–water partition coefficient (Wildman–Crippen LogP) is 2.00. The number of nitrogens with zero attached hydrogens (tertiary/aromatic N) is 1. The maximum absolute atomic E-state index is 12.6. The number of piperidine rings is 1. The van der Waals surface area contributed by atoms with Gasteiger partial charge in [0.1, 0.15) is 0 Å². The van der Waals surface area contributed by atoms with E-state index in [1.165, 1.54) is 0 Å². The fourth-order valence-corrected chi connectivity index (χ4v) is 4.20. The molecule has 0 amide bonds.